The van der Waals surface area contributed by atoms with Crippen molar-refractivity contribution in [2.75, 3.05) is 52.6 Å². The fourth-order valence-electron chi connectivity index (χ4n) is 9.84. The van der Waals surface area contributed by atoms with Crippen LogP contribution in [0.1, 0.15) is 159 Å². The van der Waals surface area contributed by atoms with Gasteiger partial charge in [-0.1, -0.05) is 54.0 Å². The molecule has 26 heteroatoms. The number of nitrogens with zero attached hydrogens (tertiary/aromatic N) is 5. The summed E-state index contributed by atoms with van der Waals surface area (Å²) in [5.41, 5.74) is -0.111. The zero-order valence-corrected chi connectivity index (χ0v) is 53.5. The first kappa shape index (κ1) is 72.6. The maximum atomic E-state index is 14.2. The largest absolute Gasteiger partial charge is 0.506 e. The van der Waals surface area contributed by atoms with Gasteiger partial charge in [-0.15, -0.1) is 11.3 Å². The maximum Gasteiger partial charge on any atom is 0.306 e. The van der Waals surface area contributed by atoms with Crippen LogP contribution in [0.2, 0.25) is 0 Å². The van der Waals surface area contributed by atoms with Crippen LogP contribution in [0.15, 0.2) is 47.9 Å². The summed E-state index contributed by atoms with van der Waals surface area (Å²) in [6.45, 7) is 15.5. The molecule has 0 saturated heterocycles. The second kappa shape index (κ2) is 34.6. The molecule has 8 N–H and O–H groups in total. The van der Waals surface area contributed by atoms with Gasteiger partial charge in [0.2, 0.25) is 35.4 Å². The van der Waals surface area contributed by atoms with E-state index in [-0.39, 0.29) is 143 Å². The Hall–Kier alpha value is -7.87. The lowest BCUT2D eigenvalue weighted by Crippen LogP contribution is -2.60. The zero-order chi connectivity index (χ0) is 65.6. The van der Waals surface area contributed by atoms with Crippen LogP contribution in [0.25, 0.3) is 0 Å². The molecule has 1 aromatic heterocycles. The number of carboxylic acids is 1. The number of carbonyl (C=O) groups is 12. The van der Waals surface area contributed by atoms with E-state index in [0.29, 0.717) is 36.3 Å². The first-order valence-corrected chi connectivity index (χ1v) is 31.1. The average molecular weight is 1250 g/mol. The van der Waals surface area contributed by atoms with Crippen LogP contribution in [0, 0.1) is 17.8 Å². The summed E-state index contributed by atoms with van der Waals surface area (Å²) in [6, 6.07) is 1.75. The molecule has 11 amide bonds. The van der Waals surface area contributed by atoms with Crippen molar-refractivity contribution >= 4 is 88.0 Å². The van der Waals surface area contributed by atoms with Crippen LogP contribution in [-0.4, -0.2) is 183 Å². The van der Waals surface area contributed by atoms with Crippen molar-refractivity contribution in [3.8, 4) is 5.75 Å². The first-order valence-electron chi connectivity index (χ1n) is 30.2. The minimum absolute atomic E-state index is 0.00874. The van der Waals surface area contributed by atoms with Gasteiger partial charge in [0, 0.05) is 100 Å². The number of hydrogen-bond acceptors (Lipinski definition) is 16. The molecule has 25 nitrogen and oxygen atoms in total. The molecule has 2 aliphatic rings. The van der Waals surface area contributed by atoms with Crippen LogP contribution in [0.4, 0.5) is 5.69 Å². The minimum Gasteiger partial charge on any atom is -0.506 e. The van der Waals surface area contributed by atoms with Crippen molar-refractivity contribution < 1.29 is 67.7 Å². The van der Waals surface area contributed by atoms with Crippen molar-refractivity contribution in [1.82, 2.24) is 51.2 Å². The highest BCUT2D eigenvalue weighted by Crippen LogP contribution is 2.31. The number of likely N-dealkylation sites (N-methyl/N-ethyl adjacent to an activating group) is 2. The number of hydrogen-bond donors (Lipinski definition) is 8. The van der Waals surface area contributed by atoms with Crippen LogP contribution in [0.3, 0.4) is 0 Å². The summed E-state index contributed by atoms with van der Waals surface area (Å²) in [5, 5.41) is 39.9. The number of thiazole rings is 1. The number of carboxylic acid groups (broad SMARTS) is 1. The molecule has 3 heterocycles. The number of phenols is 1. The van der Waals surface area contributed by atoms with Crippen molar-refractivity contribution in [1.29, 1.82) is 0 Å². The lowest BCUT2D eigenvalue weighted by Gasteiger charge is -2.38. The smallest absolute Gasteiger partial charge is 0.306 e. The Kier molecular flexibility index (Phi) is 28.6. The van der Waals surface area contributed by atoms with Crippen molar-refractivity contribution in [3.63, 3.8) is 0 Å². The summed E-state index contributed by atoms with van der Waals surface area (Å²) in [6.07, 6.45) is 7.44. The highest BCUT2D eigenvalue weighted by Gasteiger charge is 2.38. The number of phenolic OH excluding ortho intramolecular Hbond substituents is 1. The van der Waals surface area contributed by atoms with E-state index in [1.54, 1.807) is 42.1 Å². The Morgan fingerprint density at radius 2 is 1.30 bits per heavy atom. The van der Waals surface area contributed by atoms with E-state index < -0.39 is 82.8 Å². The van der Waals surface area contributed by atoms with Crippen LogP contribution >= 0.6 is 11.3 Å². The fourth-order valence-corrected chi connectivity index (χ4v) is 10.7. The standard InChI is InChI=1S/C62H91N11O14S/c1-12-38(4)55(69-61(87)62(7,8)70(9)10)59(84)71(11)46(37(2)3)33-39(5)58-68-45(36-88-58)57(83)65-42(32-40(6)60(85)86)34-41-22-23-47(74)44(35-41)67-49(76)19-15-29-64-56(82)43(66-50(77)21-17-31-73-53(80)26-27-54(73)81)18-13-14-28-63-48(75)20-16-30-72-51(78)24-25-52(72)79/h22-27,35-40,42-43,46,55,74H,12-21,28-34H2,1-11H3,(H,63,75)(H,64,82)(H,65,83)(H,66,77)(H,67,76)(H,69,87)(H,85,86)/t38-,39?,40?,42+,43-,46+,55-/m0/s1. The van der Waals surface area contributed by atoms with Gasteiger partial charge in [0.05, 0.1) is 22.2 Å². The molecule has 2 aromatic rings. The van der Waals surface area contributed by atoms with E-state index in [0.717, 1.165) is 22.0 Å². The number of amides is 11. The van der Waals surface area contributed by atoms with Crippen LogP contribution < -0.4 is 31.9 Å². The van der Waals surface area contributed by atoms with Crippen molar-refractivity contribution in [2.24, 2.45) is 17.8 Å². The topological polar surface area (TPSA) is 343 Å². The maximum absolute atomic E-state index is 14.2. The van der Waals surface area contributed by atoms with Gasteiger partial charge in [-0.3, -0.25) is 72.2 Å². The van der Waals surface area contributed by atoms with Crippen LogP contribution in [0.5, 0.6) is 5.75 Å². The van der Waals surface area contributed by atoms with E-state index in [1.165, 1.54) is 42.5 Å². The molecule has 88 heavy (non-hydrogen) atoms. The van der Waals surface area contributed by atoms with E-state index in [4.69, 9.17) is 4.98 Å². The van der Waals surface area contributed by atoms with E-state index in [1.807, 2.05) is 48.7 Å². The molecule has 2 unspecified atom stereocenters. The number of unbranched alkanes of at least 4 members (excludes halogenated alkanes) is 1. The third-order valence-corrected chi connectivity index (χ3v) is 17.3. The lowest BCUT2D eigenvalue weighted by molar-refractivity contribution is -0.142. The predicted molar refractivity (Wildman–Crippen MR) is 330 cm³/mol. The van der Waals surface area contributed by atoms with Gasteiger partial charge in [-0.05, 0) is 115 Å². The molecular formula is C62H91N11O14S. The number of benzene rings is 1. The second-order valence-electron chi connectivity index (χ2n) is 23.9. The molecule has 0 radical (unpaired) electrons. The third-order valence-electron chi connectivity index (χ3n) is 16.2. The number of anilines is 1. The van der Waals surface area contributed by atoms with E-state index >= 15 is 0 Å². The average Bonchev–Trinajstić information content (AvgIpc) is 4.23. The van der Waals surface area contributed by atoms with Crippen molar-refractivity contribution in [3.05, 3.63) is 64.1 Å². The molecule has 4 rings (SSSR count). The fraction of sp³-hybridized carbons (Fsp3) is 0.597. The Morgan fingerprint density at radius 1 is 0.716 bits per heavy atom. The molecule has 0 spiro atoms. The predicted octanol–water partition coefficient (Wildman–Crippen LogP) is 4.16. The number of nitrogens with one attached hydrogen (secondary N) is 6. The Balaban J connectivity index is 1.34. The second-order valence-corrected chi connectivity index (χ2v) is 24.8. The summed E-state index contributed by atoms with van der Waals surface area (Å²) >= 11 is 1.30. The van der Waals surface area contributed by atoms with Crippen molar-refractivity contribution in [2.45, 2.75) is 174 Å². The summed E-state index contributed by atoms with van der Waals surface area (Å²) < 4.78 is 0. The first-order chi connectivity index (χ1) is 41.4. The van der Waals surface area contributed by atoms with Gasteiger partial charge in [0.25, 0.3) is 29.5 Å². The molecule has 0 saturated carbocycles. The molecule has 0 bridgehead atoms. The molecule has 7 atom stereocenters. The van der Waals surface area contributed by atoms with Gasteiger partial charge in [-0.25, -0.2) is 4.98 Å². The number of carbonyl (C=O) groups excluding carboxylic acids is 11. The normalized spacial score (nSPS) is 15.6. The lowest BCUT2D eigenvalue weighted by atomic mass is 9.90. The number of rotatable bonds is 38. The summed E-state index contributed by atoms with van der Waals surface area (Å²) in [5.74, 6) is -7.12. The van der Waals surface area contributed by atoms with Gasteiger partial charge in [-0.2, -0.15) is 0 Å². The van der Waals surface area contributed by atoms with Gasteiger partial charge < -0.3 is 47.0 Å². The number of aromatic nitrogens is 1. The van der Waals surface area contributed by atoms with Crippen LogP contribution in [-0.2, 0) is 59.2 Å². The molecule has 2 aliphatic heterocycles. The van der Waals surface area contributed by atoms with E-state index in [2.05, 4.69) is 31.9 Å². The Labute approximate surface area is 519 Å². The number of aromatic hydroxyl groups is 1. The number of imide groups is 2. The highest BCUT2D eigenvalue weighted by atomic mass is 32.1. The molecule has 1 aromatic carbocycles. The molecule has 0 aliphatic carbocycles. The minimum atomic E-state index is -1.07. The Morgan fingerprint density at radius 3 is 1.86 bits per heavy atom. The SMILES string of the molecule is CC[C@H](C)[C@H](NC(=O)C(C)(C)N(C)C)C(=O)N(C)[C@H](CC(C)c1nc(C(=O)N[C@@H](Cc2ccc(O)c(NC(=O)CCCNC(=O)[C@H](CCCCNC(=O)CCCN3C(=O)C=CC3=O)NC(=O)CCCN3C(=O)C=CC3=O)c2)CC(C)C(=O)O)cs1)C(C)C. The molecule has 484 valence electrons. The quantitative estimate of drug-likeness (QED) is 0.0266. The summed E-state index contributed by atoms with van der Waals surface area (Å²) in [4.78, 5) is 164. The van der Waals surface area contributed by atoms with Gasteiger partial charge in [0.15, 0.2) is 0 Å². The number of aliphatic carboxylic acids is 1. The zero-order valence-electron chi connectivity index (χ0n) is 52.7. The summed E-state index contributed by atoms with van der Waals surface area (Å²) in [7, 11) is 5.38. The highest BCUT2D eigenvalue weighted by molar-refractivity contribution is 7.09. The van der Waals surface area contributed by atoms with Gasteiger partial charge in [0.1, 0.15) is 23.5 Å². The van der Waals surface area contributed by atoms with Gasteiger partial charge >= 0.3 is 5.97 Å². The van der Waals surface area contributed by atoms with E-state index in [9.17, 15) is 67.7 Å². The molecular weight excluding hydrogens is 1150 g/mol. The molecule has 0 fully saturated rings. The third kappa shape index (κ3) is 22.1. The monoisotopic (exact) mass is 1250 g/mol. The Bertz CT molecular complexity index is 2870.